The van der Waals surface area contributed by atoms with Gasteiger partial charge in [-0.15, -0.1) is 0 Å². The fourth-order valence-electron chi connectivity index (χ4n) is 2.31. The minimum atomic E-state index is 0.504. The van der Waals surface area contributed by atoms with Crippen molar-refractivity contribution in [2.45, 2.75) is 39.2 Å². The Morgan fingerprint density at radius 3 is 2.93 bits per heavy atom. The quantitative estimate of drug-likeness (QED) is 0.775. The van der Waals surface area contributed by atoms with Gasteiger partial charge in [-0.2, -0.15) is 5.10 Å². The monoisotopic (exact) mass is 193 g/mol. The van der Waals surface area contributed by atoms with E-state index in [1.165, 1.54) is 29.8 Å². The normalized spacial score (nSPS) is 21.8. The number of nitrogens with one attached hydrogen (secondary N) is 1. The summed E-state index contributed by atoms with van der Waals surface area (Å²) in [6.45, 7) is 5.51. The maximum Gasteiger partial charge on any atom is 0.0828 e. The van der Waals surface area contributed by atoms with Crippen LogP contribution in [0.1, 0.15) is 42.8 Å². The van der Waals surface area contributed by atoms with Gasteiger partial charge in [0.05, 0.1) is 11.7 Å². The SMILES string of the molecule is CCc1c(C2CCCN2)nn(C)c1C. The first-order valence-corrected chi connectivity index (χ1v) is 5.49. The molecule has 0 spiro atoms. The molecule has 0 radical (unpaired) electrons. The van der Waals surface area contributed by atoms with Gasteiger partial charge < -0.3 is 5.32 Å². The van der Waals surface area contributed by atoms with Gasteiger partial charge in [0, 0.05) is 12.7 Å². The van der Waals surface area contributed by atoms with Crippen LogP contribution in [0.15, 0.2) is 0 Å². The predicted molar refractivity (Wildman–Crippen MR) is 57.3 cm³/mol. The summed E-state index contributed by atoms with van der Waals surface area (Å²) in [6.07, 6.45) is 3.61. The minimum Gasteiger partial charge on any atom is -0.309 e. The lowest BCUT2D eigenvalue weighted by Gasteiger charge is -2.08. The second kappa shape index (κ2) is 3.73. The van der Waals surface area contributed by atoms with Crippen LogP contribution in [-0.4, -0.2) is 16.3 Å². The average Bonchev–Trinajstić information content (AvgIpc) is 2.76. The van der Waals surface area contributed by atoms with Gasteiger partial charge in [0.2, 0.25) is 0 Å². The van der Waals surface area contributed by atoms with Crippen molar-refractivity contribution >= 4 is 0 Å². The van der Waals surface area contributed by atoms with Crippen LogP contribution >= 0.6 is 0 Å². The zero-order valence-electron chi connectivity index (χ0n) is 9.30. The lowest BCUT2D eigenvalue weighted by atomic mass is 10.0. The van der Waals surface area contributed by atoms with Crippen molar-refractivity contribution in [1.82, 2.24) is 15.1 Å². The summed E-state index contributed by atoms with van der Waals surface area (Å²) in [7, 11) is 2.03. The van der Waals surface area contributed by atoms with Crippen molar-refractivity contribution in [2.24, 2.45) is 7.05 Å². The molecule has 0 saturated carbocycles. The van der Waals surface area contributed by atoms with Crippen LogP contribution in [0.3, 0.4) is 0 Å². The fraction of sp³-hybridized carbons (Fsp3) is 0.727. The van der Waals surface area contributed by atoms with Crippen molar-refractivity contribution in [2.75, 3.05) is 6.54 Å². The van der Waals surface area contributed by atoms with E-state index in [9.17, 15) is 0 Å². The zero-order chi connectivity index (χ0) is 10.1. The molecule has 14 heavy (non-hydrogen) atoms. The lowest BCUT2D eigenvalue weighted by Crippen LogP contribution is -2.15. The van der Waals surface area contributed by atoms with E-state index in [0.29, 0.717) is 6.04 Å². The molecule has 0 aromatic carbocycles. The van der Waals surface area contributed by atoms with Crippen molar-refractivity contribution in [1.29, 1.82) is 0 Å². The second-order valence-corrected chi connectivity index (χ2v) is 4.08. The Morgan fingerprint density at radius 2 is 2.36 bits per heavy atom. The van der Waals surface area contributed by atoms with E-state index >= 15 is 0 Å². The Labute approximate surface area is 85.5 Å². The number of nitrogens with zero attached hydrogens (tertiary/aromatic N) is 2. The Morgan fingerprint density at radius 1 is 1.57 bits per heavy atom. The van der Waals surface area contributed by atoms with Gasteiger partial charge in [0.1, 0.15) is 0 Å². The van der Waals surface area contributed by atoms with Crippen molar-refractivity contribution < 1.29 is 0 Å². The molecule has 1 saturated heterocycles. The number of hydrogen-bond acceptors (Lipinski definition) is 2. The molecule has 78 valence electrons. The van der Waals surface area contributed by atoms with Gasteiger partial charge in [-0.1, -0.05) is 6.92 Å². The standard InChI is InChI=1S/C11H19N3/c1-4-9-8(2)14(3)13-11(9)10-6-5-7-12-10/h10,12H,4-7H2,1-3H3. The highest BCUT2D eigenvalue weighted by molar-refractivity contribution is 5.28. The highest BCUT2D eigenvalue weighted by Crippen LogP contribution is 2.26. The molecule has 1 aliphatic heterocycles. The summed E-state index contributed by atoms with van der Waals surface area (Å²) in [5.74, 6) is 0. The third-order valence-corrected chi connectivity index (χ3v) is 3.23. The van der Waals surface area contributed by atoms with Crippen molar-refractivity contribution in [3.8, 4) is 0 Å². The van der Waals surface area contributed by atoms with E-state index in [2.05, 4.69) is 24.3 Å². The topological polar surface area (TPSA) is 29.9 Å². The van der Waals surface area contributed by atoms with E-state index in [1.54, 1.807) is 0 Å². The zero-order valence-corrected chi connectivity index (χ0v) is 9.30. The molecule has 1 N–H and O–H groups in total. The summed E-state index contributed by atoms with van der Waals surface area (Å²) in [5.41, 5.74) is 4.04. The molecule has 2 rings (SSSR count). The number of aromatic nitrogens is 2. The van der Waals surface area contributed by atoms with Gasteiger partial charge in [-0.05, 0) is 38.3 Å². The van der Waals surface area contributed by atoms with E-state index < -0.39 is 0 Å². The fourth-order valence-corrected chi connectivity index (χ4v) is 2.31. The Kier molecular flexibility index (Phi) is 2.59. The molecule has 1 aliphatic rings. The molecule has 1 unspecified atom stereocenters. The van der Waals surface area contributed by atoms with Crippen LogP contribution in [-0.2, 0) is 13.5 Å². The second-order valence-electron chi connectivity index (χ2n) is 4.08. The number of rotatable bonds is 2. The predicted octanol–water partition coefficient (Wildman–Crippen LogP) is 1.72. The van der Waals surface area contributed by atoms with Crippen LogP contribution in [0.2, 0.25) is 0 Å². The molecule has 1 aromatic rings. The first-order chi connectivity index (χ1) is 6.74. The van der Waals surface area contributed by atoms with E-state index in [-0.39, 0.29) is 0 Å². The molecule has 0 aliphatic carbocycles. The van der Waals surface area contributed by atoms with Crippen LogP contribution in [0.5, 0.6) is 0 Å². The molecule has 1 aromatic heterocycles. The average molecular weight is 193 g/mol. The molecule has 3 nitrogen and oxygen atoms in total. The highest BCUT2D eigenvalue weighted by atomic mass is 15.3. The number of aryl methyl sites for hydroxylation is 1. The van der Waals surface area contributed by atoms with E-state index in [1.807, 2.05) is 11.7 Å². The van der Waals surface area contributed by atoms with Crippen LogP contribution < -0.4 is 5.32 Å². The van der Waals surface area contributed by atoms with Crippen LogP contribution in [0, 0.1) is 6.92 Å². The van der Waals surface area contributed by atoms with Crippen LogP contribution in [0.25, 0.3) is 0 Å². The first kappa shape index (κ1) is 9.71. The van der Waals surface area contributed by atoms with Crippen LogP contribution in [0.4, 0.5) is 0 Å². The molecule has 0 bridgehead atoms. The van der Waals surface area contributed by atoms with Crippen molar-refractivity contribution in [3.05, 3.63) is 17.0 Å². The van der Waals surface area contributed by atoms with Gasteiger partial charge in [-0.25, -0.2) is 0 Å². The molecule has 1 fully saturated rings. The third kappa shape index (κ3) is 1.46. The summed E-state index contributed by atoms with van der Waals surface area (Å²) in [6, 6.07) is 0.504. The van der Waals surface area contributed by atoms with Crippen molar-refractivity contribution in [3.63, 3.8) is 0 Å². The summed E-state index contributed by atoms with van der Waals surface area (Å²) in [4.78, 5) is 0. The van der Waals surface area contributed by atoms with Gasteiger partial charge in [-0.3, -0.25) is 4.68 Å². The third-order valence-electron chi connectivity index (χ3n) is 3.23. The molecule has 0 amide bonds. The van der Waals surface area contributed by atoms with Gasteiger partial charge in [0.15, 0.2) is 0 Å². The first-order valence-electron chi connectivity index (χ1n) is 5.49. The molecule has 1 atom stereocenters. The Balaban J connectivity index is 2.36. The molecular weight excluding hydrogens is 174 g/mol. The minimum absolute atomic E-state index is 0.504. The number of hydrogen-bond donors (Lipinski definition) is 1. The largest absolute Gasteiger partial charge is 0.309 e. The Hall–Kier alpha value is -0.830. The van der Waals surface area contributed by atoms with Gasteiger partial charge >= 0.3 is 0 Å². The summed E-state index contributed by atoms with van der Waals surface area (Å²) in [5, 5.41) is 8.13. The molecule has 2 heterocycles. The summed E-state index contributed by atoms with van der Waals surface area (Å²) >= 11 is 0. The van der Waals surface area contributed by atoms with E-state index in [4.69, 9.17) is 0 Å². The lowest BCUT2D eigenvalue weighted by molar-refractivity contribution is 0.601. The van der Waals surface area contributed by atoms with Gasteiger partial charge in [0.25, 0.3) is 0 Å². The van der Waals surface area contributed by atoms with E-state index in [0.717, 1.165) is 13.0 Å². The summed E-state index contributed by atoms with van der Waals surface area (Å²) < 4.78 is 2.01. The highest BCUT2D eigenvalue weighted by Gasteiger charge is 2.23. The smallest absolute Gasteiger partial charge is 0.0828 e. The molecular formula is C11H19N3. The maximum atomic E-state index is 4.62. The molecule has 3 heteroatoms. The maximum absolute atomic E-state index is 4.62. The Bertz CT molecular complexity index is 322.